The highest BCUT2D eigenvalue weighted by Crippen LogP contribution is 2.37. The van der Waals surface area contributed by atoms with E-state index in [0.717, 1.165) is 6.42 Å². The number of anilines is 1. The second kappa shape index (κ2) is 8.62. The van der Waals surface area contributed by atoms with Gasteiger partial charge in [-0.3, -0.25) is 4.79 Å². The van der Waals surface area contributed by atoms with Crippen LogP contribution in [-0.2, 0) is 6.42 Å². The highest BCUT2D eigenvalue weighted by Gasteiger charge is 2.33. The summed E-state index contributed by atoms with van der Waals surface area (Å²) in [5.41, 5.74) is 1.75. The van der Waals surface area contributed by atoms with Crippen LogP contribution in [0.2, 0.25) is 19.1 Å². The summed E-state index contributed by atoms with van der Waals surface area (Å²) < 4.78 is 27.9. The van der Waals surface area contributed by atoms with Crippen molar-refractivity contribution in [1.29, 1.82) is 0 Å². The summed E-state index contributed by atoms with van der Waals surface area (Å²) >= 11 is 0. The fourth-order valence-corrected chi connectivity index (χ4v) is 6.77. The molecule has 2 heterocycles. The fourth-order valence-electron chi connectivity index (χ4n) is 4.01. The molecule has 0 spiro atoms. The van der Waals surface area contributed by atoms with Gasteiger partial charge >= 0.3 is 0 Å². The molecule has 7 nitrogen and oxygen atoms in total. The molecule has 1 aromatic heterocycles. The molecule has 0 radical (unpaired) electrons. The Balaban J connectivity index is 1.56. The number of carbonyl (C=O) groups is 1. The van der Waals surface area contributed by atoms with Crippen molar-refractivity contribution in [1.82, 2.24) is 0 Å². The molecular weight excluding hydrogens is 426 g/mol. The summed E-state index contributed by atoms with van der Waals surface area (Å²) in [7, 11) is 3.20. The molecule has 0 unspecified atom stereocenters. The van der Waals surface area contributed by atoms with E-state index in [2.05, 4.69) is 30.5 Å². The number of carbonyl (C=O) groups excluding carboxylic acids is 1. The van der Waals surface area contributed by atoms with E-state index in [1.807, 2.05) is 0 Å². The topological polar surface area (TPSA) is 79.2 Å². The summed E-state index contributed by atoms with van der Waals surface area (Å²) in [4.78, 5) is 12.8. The predicted octanol–water partition coefficient (Wildman–Crippen LogP) is 4.82. The molecule has 3 aromatic rings. The van der Waals surface area contributed by atoms with Gasteiger partial charge in [-0.25, -0.2) is 0 Å². The third-order valence-corrected chi connectivity index (χ3v) is 9.24. The molecule has 32 heavy (non-hydrogen) atoms. The monoisotopic (exact) mass is 453 g/mol. The van der Waals surface area contributed by atoms with Gasteiger partial charge in [0, 0.05) is 6.07 Å². The van der Waals surface area contributed by atoms with Gasteiger partial charge in [-0.1, -0.05) is 24.3 Å². The second-order valence-electron chi connectivity index (χ2n) is 8.26. The summed E-state index contributed by atoms with van der Waals surface area (Å²) in [6.07, 6.45) is 1.07. The normalized spacial score (nSPS) is 13.9. The maximum Gasteiger partial charge on any atom is 0.291 e. The minimum Gasteiger partial charge on any atom is -0.494 e. The Kier molecular flexibility index (Phi) is 5.88. The van der Waals surface area contributed by atoms with Gasteiger partial charge in [-0.2, -0.15) is 0 Å². The quantitative estimate of drug-likeness (QED) is 0.517. The third-order valence-electron chi connectivity index (χ3n) is 5.82. The summed E-state index contributed by atoms with van der Waals surface area (Å²) in [5, 5.41) is 4.16. The Hall–Kier alpha value is -3.39. The van der Waals surface area contributed by atoms with E-state index in [1.165, 1.54) is 31.0 Å². The molecule has 1 aliphatic heterocycles. The van der Waals surface area contributed by atoms with Crippen LogP contribution in [0.5, 0.6) is 28.9 Å². The molecule has 2 aromatic carbocycles. The molecule has 0 saturated carbocycles. The number of fused-ring (bicyclic) bond motifs is 1. The van der Waals surface area contributed by atoms with Crippen molar-refractivity contribution in [2.75, 3.05) is 26.6 Å². The highest BCUT2D eigenvalue weighted by atomic mass is 28.3. The number of ether oxygens (including phenoxy) is 4. The van der Waals surface area contributed by atoms with Crippen molar-refractivity contribution in [2.45, 2.75) is 25.6 Å². The van der Waals surface area contributed by atoms with Crippen LogP contribution in [0, 0.1) is 0 Å². The molecule has 168 valence electrons. The lowest BCUT2D eigenvalue weighted by molar-refractivity contribution is 0.0991. The van der Waals surface area contributed by atoms with E-state index >= 15 is 0 Å². The summed E-state index contributed by atoms with van der Waals surface area (Å²) in [6.45, 7) is 4.72. The molecule has 0 saturated heterocycles. The van der Waals surface area contributed by atoms with E-state index in [-0.39, 0.29) is 11.7 Å². The first-order valence-corrected chi connectivity index (χ1v) is 13.6. The Morgan fingerprint density at radius 3 is 2.28 bits per heavy atom. The maximum absolute atomic E-state index is 12.8. The molecule has 8 heteroatoms. The minimum atomic E-state index is -1.47. The van der Waals surface area contributed by atoms with Gasteiger partial charge in [0.1, 0.15) is 17.2 Å². The molecule has 1 N–H and O–H groups in total. The zero-order valence-electron chi connectivity index (χ0n) is 18.9. The van der Waals surface area contributed by atoms with Crippen LogP contribution < -0.4 is 29.5 Å². The van der Waals surface area contributed by atoms with Crippen molar-refractivity contribution in [3.8, 4) is 28.9 Å². The van der Waals surface area contributed by atoms with Gasteiger partial charge in [-0.15, -0.1) is 0 Å². The van der Waals surface area contributed by atoms with Crippen molar-refractivity contribution in [3.63, 3.8) is 0 Å². The molecular formula is C24H27NO6Si. The van der Waals surface area contributed by atoms with Crippen molar-refractivity contribution >= 4 is 24.9 Å². The number of rotatable bonds is 7. The first-order valence-electron chi connectivity index (χ1n) is 10.4. The number of hydrogen-bond acceptors (Lipinski definition) is 6. The Labute approximate surface area is 188 Å². The molecule has 4 rings (SSSR count). The predicted molar refractivity (Wildman–Crippen MR) is 125 cm³/mol. The van der Waals surface area contributed by atoms with Crippen LogP contribution in [0.1, 0.15) is 16.1 Å². The van der Waals surface area contributed by atoms with Crippen LogP contribution in [0.25, 0.3) is 0 Å². The lowest BCUT2D eigenvalue weighted by Crippen LogP contribution is -2.37. The van der Waals surface area contributed by atoms with Gasteiger partial charge in [0.15, 0.2) is 17.3 Å². The average Bonchev–Trinajstić information content (AvgIpc) is 3.37. The number of amides is 1. The van der Waals surface area contributed by atoms with E-state index in [9.17, 15) is 4.79 Å². The number of furan rings is 1. The standard InChI is InChI=1S/C24H27NO6Si/c1-27-16-7-6-8-17(28-2)23(16)25-24(26)18-9-10-22(30-18)31-20-14-21-15(13-19(20)29-3)11-12-32(21,4)5/h6-10,13-14H,11-12H2,1-5H3,(H,25,26). The van der Waals surface area contributed by atoms with E-state index in [0.29, 0.717) is 28.7 Å². The maximum atomic E-state index is 12.8. The Morgan fingerprint density at radius 2 is 1.62 bits per heavy atom. The molecule has 1 aliphatic rings. The second-order valence-corrected chi connectivity index (χ2v) is 13.1. The molecule has 0 atom stereocenters. The number of methoxy groups -OCH3 is 3. The fraction of sp³-hybridized carbons (Fsp3) is 0.292. The number of para-hydroxylation sites is 1. The first-order chi connectivity index (χ1) is 15.4. The number of aryl methyl sites for hydroxylation is 1. The molecule has 0 fully saturated rings. The van der Waals surface area contributed by atoms with Crippen molar-refractivity contribution in [3.05, 3.63) is 53.8 Å². The van der Waals surface area contributed by atoms with Gasteiger partial charge < -0.3 is 28.7 Å². The number of benzene rings is 2. The van der Waals surface area contributed by atoms with Crippen molar-refractivity contribution < 1.29 is 28.2 Å². The Morgan fingerprint density at radius 1 is 0.938 bits per heavy atom. The summed E-state index contributed by atoms with van der Waals surface area (Å²) in [6, 6.07) is 13.8. The van der Waals surface area contributed by atoms with Crippen LogP contribution in [0.4, 0.5) is 5.69 Å². The summed E-state index contributed by atoms with van der Waals surface area (Å²) in [5.74, 6) is 2.06. The molecule has 0 bridgehead atoms. The van der Waals surface area contributed by atoms with E-state index in [1.54, 1.807) is 37.4 Å². The minimum absolute atomic E-state index is 0.0998. The number of nitrogens with one attached hydrogen (secondary N) is 1. The Bertz CT molecular complexity index is 1130. The number of hydrogen-bond donors (Lipinski definition) is 1. The van der Waals surface area contributed by atoms with E-state index < -0.39 is 14.0 Å². The van der Waals surface area contributed by atoms with Crippen LogP contribution in [0.3, 0.4) is 0 Å². The highest BCUT2D eigenvalue weighted by molar-refractivity contribution is 6.91. The SMILES string of the molecule is COc1cc2c(cc1Oc1ccc(C(=O)Nc3c(OC)cccc3OC)o1)[Si](C)(C)CC2. The first kappa shape index (κ1) is 21.8. The van der Waals surface area contributed by atoms with Crippen LogP contribution in [-0.4, -0.2) is 35.3 Å². The van der Waals surface area contributed by atoms with Gasteiger partial charge in [0.25, 0.3) is 11.9 Å². The van der Waals surface area contributed by atoms with Gasteiger partial charge in [0.2, 0.25) is 0 Å². The zero-order chi connectivity index (χ0) is 22.9. The van der Waals surface area contributed by atoms with E-state index in [4.69, 9.17) is 23.4 Å². The van der Waals surface area contributed by atoms with Gasteiger partial charge in [0.05, 0.1) is 29.4 Å². The van der Waals surface area contributed by atoms with Gasteiger partial charge in [-0.05, 0) is 48.4 Å². The smallest absolute Gasteiger partial charge is 0.291 e. The van der Waals surface area contributed by atoms with Crippen LogP contribution in [0.15, 0.2) is 46.9 Å². The molecule has 1 amide bonds. The lowest BCUT2D eigenvalue weighted by Gasteiger charge is -2.18. The average molecular weight is 454 g/mol. The van der Waals surface area contributed by atoms with Crippen molar-refractivity contribution in [2.24, 2.45) is 0 Å². The zero-order valence-corrected chi connectivity index (χ0v) is 19.9. The van der Waals surface area contributed by atoms with Crippen LogP contribution >= 0.6 is 0 Å². The largest absolute Gasteiger partial charge is 0.494 e. The third kappa shape index (κ3) is 4.05. The lowest BCUT2D eigenvalue weighted by atomic mass is 10.1. The molecule has 0 aliphatic carbocycles.